The molecule has 0 saturated carbocycles. The van der Waals surface area contributed by atoms with Crippen molar-refractivity contribution >= 4 is 11.6 Å². The zero-order valence-electron chi connectivity index (χ0n) is 11.2. The molecule has 100 valence electrons. The zero-order chi connectivity index (χ0) is 13.1. The van der Waals surface area contributed by atoms with E-state index >= 15 is 0 Å². The van der Waals surface area contributed by atoms with Gasteiger partial charge in [-0.1, -0.05) is 6.92 Å². The molecule has 6 nitrogen and oxygen atoms in total. The molecule has 2 unspecified atom stereocenters. The number of nitrogens with zero attached hydrogens (tertiary/aromatic N) is 3. The van der Waals surface area contributed by atoms with Crippen molar-refractivity contribution in [2.75, 3.05) is 23.4 Å². The molecule has 1 aromatic heterocycles. The molecule has 1 saturated heterocycles. The van der Waals surface area contributed by atoms with Crippen LogP contribution in [-0.4, -0.2) is 35.3 Å². The Labute approximate surface area is 108 Å². The van der Waals surface area contributed by atoms with Gasteiger partial charge in [-0.3, -0.25) is 0 Å². The third-order valence-corrected chi connectivity index (χ3v) is 3.13. The zero-order valence-corrected chi connectivity index (χ0v) is 11.2. The number of hydrogen-bond acceptors (Lipinski definition) is 6. The molecular weight excluding hydrogens is 230 g/mol. The van der Waals surface area contributed by atoms with Crippen LogP contribution in [0.15, 0.2) is 6.33 Å². The van der Waals surface area contributed by atoms with Crippen LogP contribution >= 0.6 is 0 Å². The number of aromatic nitrogens is 2. The number of nitrogens with one attached hydrogen (secondary N) is 1. The molecule has 1 aliphatic heterocycles. The summed E-state index contributed by atoms with van der Waals surface area (Å²) in [6.07, 6.45) is 2.81. The van der Waals surface area contributed by atoms with Crippen LogP contribution in [0.25, 0.3) is 0 Å². The first-order chi connectivity index (χ1) is 8.65. The molecule has 18 heavy (non-hydrogen) atoms. The summed E-state index contributed by atoms with van der Waals surface area (Å²) >= 11 is 0. The molecule has 0 spiro atoms. The minimum Gasteiger partial charge on any atom is -0.372 e. The summed E-state index contributed by atoms with van der Waals surface area (Å²) in [4.78, 5) is 10.8. The summed E-state index contributed by atoms with van der Waals surface area (Å²) in [5, 5.41) is 0. The molecule has 0 amide bonds. The fraction of sp³-hybridized carbons (Fsp3) is 0.667. The second kappa shape index (κ2) is 5.49. The second-order valence-corrected chi connectivity index (χ2v) is 4.68. The van der Waals surface area contributed by atoms with E-state index in [0.717, 1.165) is 30.9 Å². The van der Waals surface area contributed by atoms with Crippen LogP contribution in [0.5, 0.6) is 0 Å². The Morgan fingerprint density at radius 1 is 1.39 bits per heavy atom. The summed E-state index contributed by atoms with van der Waals surface area (Å²) in [5.74, 6) is 7.16. The highest BCUT2D eigenvalue weighted by Gasteiger charge is 2.25. The molecule has 1 aromatic rings. The monoisotopic (exact) mass is 251 g/mol. The van der Waals surface area contributed by atoms with Crippen molar-refractivity contribution in [1.82, 2.24) is 9.97 Å². The van der Waals surface area contributed by atoms with E-state index in [-0.39, 0.29) is 12.2 Å². The molecule has 6 heteroatoms. The first kappa shape index (κ1) is 13.0. The van der Waals surface area contributed by atoms with Gasteiger partial charge in [-0.15, -0.1) is 0 Å². The standard InChI is InChI=1S/C12H21N5O/c1-4-10-11(16-13)14-7-15-12(10)17-5-8(2)18-9(3)6-17/h7-9H,4-6,13H2,1-3H3,(H,14,15,16). The number of ether oxygens (including phenoxy) is 1. The minimum atomic E-state index is 0.211. The van der Waals surface area contributed by atoms with Gasteiger partial charge in [-0.25, -0.2) is 15.8 Å². The highest BCUT2D eigenvalue weighted by molar-refractivity contribution is 5.58. The Hall–Kier alpha value is -1.40. The van der Waals surface area contributed by atoms with E-state index in [2.05, 4.69) is 41.1 Å². The van der Waals surface area contributed by atoms with Gasteiger partial charge in [0.15, 0.2) is 0 Å². The number of morpholine rings is 1. The Kier molecular flexibility index (Phi) is 3.98. The van der Waals surface area contributed by atoms with Gasteiger partial charge >= 0.3 is 0 Å². The third kappa shape index (κ3) is 2.54. The van der Waals surface area contributed by atoms with Gasteiger partial charge in [0.05, 0.1) is 12.2 Å². The van der Waals surface area contributed by atoms with E-state index in [1.54, 1.807) is 6.33 Å². The van der Waals surface area contributed by atoms with Gasteiger partial charge in [0.2, 0.25) is 0 Å². The van der Waals surface area contributed by atoms with E-state index < -0.39 is 0 Å². The SMILES string of the molecule is CCc1c(NN)ncnc1N1CC(C)OC(C)C1. The molecule has 0 bridgehead atoms. The van der Waals surface area contributed by atoms with Crippen molar-refractivity contribution in [3.8, 4) is 0 Å². The maximum Gasteiger partial charge on any atom is 0.148 e. The van der Waals surface area contributed by atoms with Crippen LogP contribution in [0.1, 0.15) is 26.3 Å². The quantitative estimate of drug-likeness (QED) is 0.615. The van der Waals surface area contributed by atoms with Crippen LogP contribution in [0.4, 0.5) is 11.6 Å². The fourth-order valence-electron chi connectivity index (χ4n) is 2.48. The number of nitrogen functional groups attached to an aromatic ring is 1. The predicted octanol–water partition coefficient (Wildman–Crippen LogP) is 0.938. The first-order valence-electron chi connectivity index (χ1n) is 6.36. The Morgan fingerprint density at radius 2 is 2.06 bits per heavy atom. The highest BCUT2D eigenvalue weighted by Crippen LogP contribution is 2.26. The van der Waals surface area contributed by atoms with Crippen LogP contribution in [0, 0.1) is 0 Å². The molecule has 3 N–H and O–H groups in total. The van der Waals surface area contributed by atoms with Gasteiger partial charge in [0.1, 0.15) is 18.0 Å². The van der Waals surface area contributed by atoms with Gasteiger partial charge in [0.25, 0.3) is 0 Å². The average molecular weight is 251 g/mol. The van der Waals surface area contributed by atoms with Crippen molar-refractivity contribution in [2.24, 2.45) is 5.84 Å². The average Bonchev–Trinajstić information content (AvgIpc) is 2.36. The van der Waals surface area contributed by atoms with E-state index in [4.69, 9.17) is 10.6 Å². The molecule has 0 radical (unpaired) electrons. The Morgan fingerprint density at radius 3 is 2.61 bits per heavy atom. The summed E-state index contributed by atoms with van der Waals surface area (Å²) in [5.41, 5.74) is 3.70. The molecule has 0 aromatic carbocycles. The van der Waals surface area contributed by atoms with E-state index in [0.29, 0.717) is 5.82 Å². The summed E-state index contributed by atoms with van der Waals surface area (Å²) < 4.78 is 5.74. The van der Waals surface area contributed by atoms with Gasteiger partial charge in [-0.05, 0) is 20.3 Å². The normalized spacial score (nSPS) is 24.1. The maximum atomic E-state index is 5.74. The highest BCUT2D eigenvalue weighted by atomic mass is 16.5. The lowest BCUT2D eigenvalue weighted by Crippen LogP contribution is -2.46. The lowest BCUT2D eigenvalue weighted by atomic mass is 10.1. The molecule has 2 heterocycles. The topological polar surface area (TPSA) is 76.3 Å². The Balaban J connectivity index is 2.32. The molecule has 2 rings (SSSR count). The Bertz CT molecular complexity index is 401. The molecule has 1 fully saturated rings. The summed E-state index contributed by atoms with van der Waals surface area (Å²) in [6, 6.07) is 0. The van der Waals surface area contributed by atoms with E-state index in [1.165, 1.54) is 0 Å². The molecule has 2 atom stereocenters. The second-order valence-electron chi connectivity index (χ2n) is 4.68. The van der Waals surface area contributed by atoms with E-state index in [9.17, 15) is 0 Å². The predicted molar refractivity (Wildman–Crippen MR) is 71.4 cm³/mol. The smallest absolute Gasteiger partial charge is 0.148 e. The van der Waals surface area contributed by atoms with Crippen LogP contribution in [0.2, 0.25) is 0 Å². The summed E-state index contributed by atoms with van der Waals surface area (Å²) in [6.45, 7) is 7.93. The van der Waals surface area contributed by atoms with Crippen molar-refractivity contribution in [3.63, 3.8) is 0 Å². The molecular formula is C12H21N5O. The maximum absolute atomic E-state index is 5.74. The van der Waals surface area contributed by atoms with Crippen molar-refractivity contribution in [3.05, 3.63) is 11.9 Å². The van der Waals surface area contributed by atoms with Gasteiger partial charge < -0.3 is 15.1 Å². The van der Waals surface area contributed by atoms with Gasteiger partial charge in [-0.2, -0.15) is 0 Å². The largest absolute Gasteiger partial charge is 0.372 e. The fourth-order valence-corrected chi connectivity index (χ4v) is 2.48. The molecule has 1 aliphatic rings. The molecule has 0 aliphatic carbocycles. The van der Waals surface area contributed by atoms with Crippen molar-refractivity contribution < 1.29 is 4.74 Å². The van der Waals surface area contributed by atoms with Crippen molar-refractivity contribution in [2.45, 2.75) is 39.4 Å². The van der Waals surface area contributed by atoms with Crippen LogP contribution in [0.3, 0.4) is 0 Å². The lowest BCUT2D eigenvalue weighted by molar-refractivity contribution is -0.00550. The van der Waals surface area contributed by atoms with Crippen LogP contribution in [-0.2, 0) is 11.2 Å². The number of nitrogens with two attached hydrogens (primary N) is 1. The number of rotatable bonds is 3. The summed E-state index contributed by atoms with van der Waals surface area (Å²) in [7, 11) is 0. The number of hydrazine groups is 1. The van der Waals surface area contributed by atoms with Crippen LogP contribution < -0.4 is 16.2 Å². The van der Waals surface area contributed by atoms with E-state index in [1.807, 2.05) is 0 Å². The lowest BCUT2D eigenvalue weighted by Gasteiger charge is -2.37. The first-order valence-corrected chi connectivity index (χ1v) is 6.36. The number of anilines is 2. The number of hydrogen-bond donors (Lipinski definition) is 2. The van der Waals surface area contributed by atoms with Gasteiger partial charge in [0, 0.05) is 18.7 Å². The van der Waals surface area contributed by atoms with Crippen molar-refractivity contribution in [1.29, 1.82) is 0 Å². The third-order valence-electron chi connectivity index (χ3n) is 3.13. The minimum absolute atomic E-state index is 0.211.